The van der Waals surface area contributed by atoms with E-state index >= 15 is 0 Å². The Hall–Kier alpha value is -1.42. The number of rotatable bonds is 3. The predicted octanol–water partition coefficient (Wildman–Crippen LogP) is 2.62. The number of carbonyl (C=O) groups is 1. The molecular formula is C13H16FNO2. The molecule has 1 heterocycles. The van der Waals surface area contributed by atoms with Crippen LogP contribution in [0.2, 0.25) is 0 Å². The van der Waals surface area contributed by atoms with Gasteiger partial charge in [-0.05, 0) is 26.8 Å². The van der Waals surface area contributed by atoms with E-state index in [9.17, 15) is 9.18 Å². The molecule has 3 nitrogen and oxygen atoms in total. The van der Waals surface area contributed by atoms with Crippen molar-refractivity contribution in [2.24, 2.45) is 0 Å². The summed E-state index contributed by atoms with van der Waals surface area (Å²) in [6.45, 7) is 4.40. The number of amides is 1. The van der Waals surface area contributed by atoms with E-state index in [0.717, 1.165) is 11.3 Å². The minimum atomic E-state index is -1.46. The summed E-state index contributed by atoms with van der Waals surface area (Å²) in [5.74, 6) is -0.247. The molecule has 2 rings (SSSR count). The van der Waals surface area contributed by atoms with Crippen LogP contribution >= 0.6 is 0 Å². The molecule has 0 bridgehead atoms. The summed E-state index contributed by atoms with van der Waals surface area (Å²) in [7, 11) is 0. The van der Waals surface area contributed by atoms with Crippen molar-refractivity contribution in [3.05, 3.63) is 29.8 Å². The van der Waals surface area contributed by atoms with Crippen LogP contribution in [0.4, 0.5) is 10.1 Å². The van der Waals surface area contributed by atoms with E-state index in [2.05, 4.69) is 5.32 Å². The van der Waals surface area contributed by atoms with Crippen molar-refractivity contribution in [3.8, 4) is 0 Å². The molecule has 0 fully saturated rings. The van der Waals surface area contributed by atoms with E-state index < -0.39 is 11.3 Å². The van der Waals surface area contributed by atoms with Gasteiger partial charge in [-0.2, -0.15) is 0 Å². The van der Waals surface area contributed by atoms with Gasteiger partial charge in [0.15, 0.2) is 5.60 Å². The minimum absolute atomic E-state index is 0.120. The van der Waals surface area contributed by atoms with Gasteiger partial charge in [0.1, 0.15) is 5.67 Å². The lowest BCUT2D eigenvalue weighted by molar-refractivity contribution is -0.143. The predicted molar refractivity (Wildman–Crippen MR) is 63.6 cm³/mol. The second-order valence-corrected chi connectivity index (χ2v) is 5.04. The molecule has 0 saturated heterocycles. The van der Waals surface area contributed by atoms with Crippen LogP contribution in [0.3, 0.4) is 0 Å². The zero-order valence-corrected chi connectivity index (χ0v) is 10.2. The van der Waals surface area contributed by atoms with E-state index in [4.69, 9.17) is 4.74 Å². The van der Waals surface area contributed by atoms with Gasteiger partial charge in [-0.15, -0.1) is 0 Å². The average molecular weight is 237 g/mol. The van der Waals surface area contributed by atoms with Gasteiger partial charge in [-0.3, -0.25) is 4.79 Å². The van der Waals surface area contributed by atoms with Crippen molar-refractivity contribution in [1.29, 1.82) is 0 Å². The van der Waals surface area contributed by atoms with Gasteiger partial charge in [0, 0.05) is 11.3 Å². The van der Waals surface area contributed by atoms with Gasteiger partial charge in [0.25, 0.3) is 5.91 Å². The number of nitrogens with one attached hydrogen (secondary N) is 1. The molecule has 1 aromatic carbocycles. The number of carbonyl (C=O) groups excluding carboxylic acids is 1. The van der Waals surface area contributed by atoms with Crippen molar-refractivity contribution in [2.75, 3.05) is 11.9 Å². The Labute approximate surface area is 100.0 Å². The summed E-state index contributed by atoms with van der Waals surface area (Å²) in [6.07, 6.45) is 0. The largest absolute Gasteiger partial charge is 0.357 e. The molecule has 92 valence electrons. The highest BCUT2D eigenvalue weighted by molar-refractivity contribution is 6.04. The fourth-order valence-corrected chi connectivity index (χ4v) is 1.83. The smallest absolute Gasteiger partial charge is 0.261 e. The highest BCUT2D eigenvalue weighted by Crippen LogP contribution is 2.38. The Morgan fingerprint density at radius 2 is 2.06 bits per heavy atom. The molecule has 17 heavy (non-hydrogen) atoms. The Kier molecular flexibility index (Phi) is 2.70. The van der Waals surface area contributed by atoms with E-state index in [1.54, 1.807) is 6.92 Å². The van der Waals surface area contributed by atoms with Gasteiger partial charge in [-0.25, -0.2) is 4.39 Å². The second kappa shape index (κ2) is 3.81. The van der Waals surface area contributed by atoms with Crippen LogP contribution < -0.4 is 5.32 Å². The first-order valence-corrected chi connectivity index (χ1v) is 5.57. The van der Waals surface area contributed by atoms with Crippen LogP contribution in [0.1, 0.15) is 26.3 Å². The summed E-state index contributed by atoms with van der Waals surface area (Å²) in [6, 6.07) is 7.30. The van der Waals surface area contributed by atoms with E-state index in [-0.39, 0.29) is 12.5 Å². The van der Waals surface area contributed by atoms with Crippen molar-refractivity contribution in [2.45, 2.75) is 32.0 Å². The lowest BCUT2D eigenvalue weighted by atomic mass is 9.97. The minimum Gasteiger partial charge on any atom is -0.357 e. The highest BCUT2D eigenvalue weighted by Gasteiger charge is 2.44. The molecule has 1 aliphatic heterocycles. The zero-order valence-electron chi connectivity index (χ0n) is 10.2. The Morgan fingerprint density at radius 1 is 1.41 bits per heavy atom. The van der Waals surface area contributed by atoms with Crippen LogP contribution in [0, 0.1) is 0 Å². The van der Waals surface area contributed by atoms with Gasteiger partial charge < -0.3 is 10.1 Å². The topological polar surface area (TPSA) is 38.3 Å². The third kappa shape index (κ3) is 2.17. The molecule has 0 aromatic heterocycles. The molecular weight excluding hydrogens is 221 g/mol. The van der Waals surface area contributed by atoms with Crippen molar-refractivity contribution in [1.82, 2.24) is 0 Å². The number of ether oxygens (including phenoxy) is 1. The lowest BCUT2D eigenvalue weighted by Crippen LogP contribution is -2.37. The molecule has 0 aliphatic carbocycles. The summed E-state index contributed by atoms with van der Waals surface area (Å²) < 4.78 is 19.0. The summed E-state index contributed by atoms with van der Waals surface area (Å²) in [5.41, 5.74) is -1.06. The number of para-hydroxylation sites is 1. The van der Waals surface area contributed by atoms with E-state index in [1.165, 1.54) is 13.8 Å². The number of hydrogen-bond donors (Lipinski definition) is 1. The molecule has 0 radical (unpaired) electrons. The monoisotopic (exact) mass is 237 g/mol. The van der Waals surface area contributed by atoms with Gasteiger partial charge >= 0.3 is 0 Å². The standard InChI is InChI=1S/C13H16FNO2/c1-12(2,14)8-17-13(3)9-6-4-5-7-10(9)15-11(13)16/h4-7H,8H2,1-3H3,(H,15,16). The second-order valence-electron chi connectivity index (χ2n) is 5.04. The molecule has 1 amide bonds. The third-order valence-corrected chi connectivity index (χ3v) is 2.83. The molecule has 1 unspecified atom stereocenters. The number of fused-ring (bicyclic) bond motifs is 1. The molecule has 1 atom stereocenters. The van der Waals surface area contributed by atoms with Gasteiger partial charge in [-0.1, -0.05) is 18.2 Å². The Balaban J connectivity index is 2.28. The summed E-state index contributed by atoms with van der Waals surface area (Å²) >= 11 is 0. The number of benzene rings is 1. The maximum Gasteiger partial charge on any atom is 0.261 e. The molecule has 1 aromatic rings. The van der Waals surface area contributed by atoms with Crippen molar-refractivity contribution < 1.29 is 13.9 Å². The quantitative estimate of drug-likeness (QED) is 0.877. The maximum atomic E-state index is 13.5. The van der Waals surface area contributed by atoms with Crippen LogP contribution in [0.15, 0.2) is 24.3 Å². The fraction of sp³-hybridized carbons (Fsp3) is 0.462. The van der Waals surface area contributed by atoms with E-state index in [0.29, 0.717) is 0 Å². The van der Waals surface area contributed by atoms with Crippen LogP contribution in [0.5, 0.6) is 0 Å². The van der Waals surface area contributed by atoms with Crippen LogP contribution in [-0.4, -0.2) is 18.2 Å². The Morgan fingerprint density at radius 3 is 2.71 bits per heavy atom. The normalized spacial score (nSPS) is 23.4. The number of anilines is 1. The number of alkyl halides is 1. The molecule has 1 N–H and O–H groups in total. The molecule has 4 heteroatoms. The van der Waals surface area contributed by atoms with Crippen molar-refractivity contribution in [3.63, 3.8) is 0 Å². The summed E-state index contributed by atoms with van der Waals surface area (Å²) in [5, 5.41) is 2.74. The summed E-state index contributed by atoms with van der Waals surface area (Å²) in [4.78, 5) is 11.9. The van der Waals surface area contributed by atoms with Gasteiger partial charge in [0.2, 0.25) is 0 Å². The average Bonchev–Trinajstić information content (AvgIpc) is 2.49. The third-order valence-electron chi connectivity index (χ3n) is 2.83. The first-order valence-electron chi connectivity index (χ1n) is 5.57. The fourth-order valence-electron chi connectivity index (χ4n) is 1.83. The first kappa shape index (κ1) is 12.0. The maximum absolute atomic E-state index is 13.5. The number of hydrogen-bond acceptors (Lipinski definition) is 2. The van der Waals surface area contributed by atoms with Crippen LogP contribution in [-0.2, 0) is 15.1 Å². The highest BCUT2D eigenvalue weighted by atomic mass is 19.1. The SMILES string of the molecule is CC(C)(F)COC1(C)C(=O)Nc2ccccc21. The lowest BCUT2D eigenvalue weighted by Gasteiger charge is -2.26. The van der Waals surface area contributed by atoms with Crippen molar-refractivity contribution >= 4 is 11.6 Å². The molecule has 1 aliphatic rings. The van der Waals surface area contributed by atoms with E-state index in [1.807, 2.05) is 24.3 Å². The zero-order chi connectivity index (χ0) is 12.7. The Bertz CT molecular complexity index is 453. The number of halogens is 1. The molecule has 0 spiro atoms. The van der Waals surface area contributed by atoms with Crippen LogP contribution in [0.25, 0.3) is 0 Å². The molecule has 0 saturated carbocycles. The first-order chi connectivity index (χ1) is 7.83. The van der Waals surface area contributed by atoms with Gasteiger partial charge in [0.05, 0.1) is 6.61 Å².